The Labute approximate surface area is 168 Å². The Morgan fingerprint density at radius 3 is 2.57 bits per heavy atom. The molecule has 0 unspecified atom stereocenters. The molecule has 5 nitrogen and oxygen atoms in total. The molecule has 0 fully saturated rings. The van der Waals surface area contributed by atoms with Crippen LogP contribution in [0.5, 0.6) is 0 Å². The van der Waals surface area contributed by atoms with Crippen molar-refractivity contribution in [2.24, 2.45) is 0 Å². The number of rotatable bonds is 8. The number of carbonyl (C=O) groups excluding carboxylic acids is 2. The monoisotopic (exact) mass is 394 g/mol. The number of anilines is 1. The van der Waals surface area contributed by atoms with Crippen molar-refractivity contribution < 1.29 is 14.3 Å². The summed E-state index contributed by atoms with van der Waals surface area (Å²) in [6.07, 6.45) is 0. The molecule has 3 aromatic carbocycles. The predicted molar refractivity (Wildman–Crippen MR) is 114 cm³/mol. The van der Waals surface area contributed by atoms with E-state index in [-0.39, 0.29) is 17.6 Å². The molecule has 3 aromatic rings. The van der Waals surface area contributed by atoms with Gasteiger partial charge in [-0.15, -0.1) is 11.8 Å². The lowest BCUT2D eigenvalue weighted by Crippen LogP contribution is -2.28. The number of carbonyl (C=O) groups is 2. The molecule has 0 aliphatic heterocycles. The molecule has 0 saturated carbocycles. The highest BCUT2D eigenvalue weighted by Crippen LogP contribution is 2.26. The van der Waals surface area contributed by atoms with Crippen LogP contribution in [0.4, 0.5) is 5.69 Å². The Bertz CT molecular complexity index is 969. The SMILES string of the molecule is COCCNC(=O)CSc1ccccc1C(=O)Nc1cccc2ccccc12. The van der Waals surface area contributed by atoms with E-state index in [4.69, 9.17) is 4.74 Å². The number of methoxy groups -OCH3 is 1. The standard InChI is InChI=1S/C22H22N2O3S/c1-27-14-13-23-21(25)15-28-20-12-5-4-10-18(20)22(26)24-19-11-6-8-16-7-2-3-9-17(16)19/h2-12H,13-15H2,1H3,(H,23,25)(H,24,26). The molecular formula is C22H22N2O3S. The van der Waals surface area contributed by atoms with Crippen LogP contribution in [-0.2, 0) is 9.53 Å². The van der Waals surface area contributed by atoms with Crippen molar-refractivity contribution in [2.45, 2.75) is 4.90 Å². The van der Waals surface area contributed by atoms with E-state index in [2.05, 4.69) is 10.6 Å². The van der Waals surface area contributed by atoms with Crippen molar-refractivity contribution in [1.29, 1.82) is 0 Å². The van der Waals surface area contributed by atoms with E-state index in [9.17, 15) is 9.59 Å². The summed E-state index contributed by atoms with van der Waals surface area (Å²) >= 11 is 1.34. The van der Waals surface area contributed by atoms with Crippen molar-refractivity contribution in [2.75, 3.05) is 31.3 Å². The minimum absolute atomic E-state index is 0.0914. The van der Waals surface area contributed by atoms with Gasteiger partial charge in [0.05, 0.1) is 17.9 Å². The first-order chi connectivity index (χ1) is 13.7. The summed E-state index contributed by atoms with van der Waals surface area (Å²) < 4.78 is 4.92. The summed E-state index contributed by atoms with van der Waals surface area (Å²) in [5, 5.41) is 7.83. The molecule has 0 atom stereocenters. The number of hydrogen-bond acceptors (Lipinski definition) is 4. The van der Waals surface area contributed by atoms with Crippen molar-refractivity contribution in [1.82, 2.24) is 5.32 Å². The van der Waals surface area contributed by atoms with Gasteiger partial charge in [0, 0.05) is 29.6 Å². The molecule has 144 valence electrons. The predicted octanol–water partition coefficient (Wildman–Crippen LogP) is 3.95. The van der Waals surface area contributed by atoms with Crippen LogP contribution in [0.3, 0.4) is 0 Å². The van der Waals surface area contributed by atoms with E-state index < -0.39 is 0 Å². The Morgan fingerprint density at radius 1 is 0.964 bits per heavy atom. The Balaban J connectivity index is 1.71. The number of thioether (sulfide) groups is 1. The maximum Gasteiger partial charge on any atom is 0.256 e. The molecule has 0 spiro atoms. The summed E-state index contributed by atoms with van der Waals surface area (Å²) in [5.41, 5.74) is 1.31. The van der Waals surface area contributed by atoms with Crippen LogP contribution in [0, 0.1) is 0 Å². The van der Waals surface area contributed by atoms with Crippen LogP contribution in [-0.4, -0.2) is 37.8 Å². The highest BCUT2D eigenvalue weighted by Gasteiger charge is 2.14. The van der Waals surface area contributed by atoms with E-state index in [0.29, 0.717) is 18.7 Å². The van der Waals surface area contributed by atoms with E-state index >= 15 is 0 Å². The van der Waals surface area contributed by atoms with Gasteiger partial charge in [0.2, 0.25) is 5.91 Å². The Morgan fingerprint density at radius 2 is 1.71 bits per heavy atom. The summed E-state index contributed by atoms with van der Waals surface area (Å²) in [6.45, 7) is 0.944. The number of ether oxygens (including phenoxy) is 1. The van der Waals surface area contributed by atoms with E-state index in [1.807, 2.05) is 60.7 Å². The molecule has 0 saturated heterocycles. The number of benzene rings is 3. The van der Waals surface area contributed by atoms with Gasteiger partial charge in [0.25, 0.3) is 5.91 Å². The maximum absolute atomic E-state index is 12.9. The Kier molecular flexibility index (Phi) is 7.06. The lowest BCUT2D eigenvalue weighted by molar-refractivity contribution is -0.118. The zero-order valence-electron chi connectivity index (χ0n) is 15.6. The summed E-state index contributed by atoms with van der Waals surface area (Å²) in [4.78, 5) is 25.6. The van der Waals surface area contributed by atoms with Crippen molar-refractivity contribution in [3.05, 3.63) is 72.3 Å². The normalized spacial score (nSPS) is 10.6. The third-order valence-corrected chi connectivity index (χ3v) is 5.23. The second-order valence-corrected chi connectivity index (χ2v) is 7.13. The number of fused-ring (bicyclic) bond motifs is 1. The lowest BCUT2D eigenvalue weighted by atomic mass is 10.1. The highest BCUT2D eigenvalue weighted by atomic mass is 32.2. The topological polar surface area (TPSA) is 67.4 Å². The zero-order valence-corrected chi connectivity index (χ0v) is 16.4. The molecule has 0 aliphatic rings. The molecular weight excluding hydrogens is 372 g/mol. The second-order valence-electron chi connectivity index (χ2n) is 6.11. The summed E-state index contributed by atoms with van der Waals surface area (Å²) in [7, 11) is 1.59. The first-order valence-electron chi connectivity index (χ1n) is 8.95. The minimum atomic E-state index is -0.195. The summed E-state index contributed by atoms with van der Waals surface area (Å²) in [6, 6.07) is 21.0. The van der Waals surface area contributed by atoms with Crippen LogP contribution in [0.1, 0.15) is 10.4 Å². The van der Waals surface area contributed by atoms with Crippen LogP contribution in [0.2, 0.25) is 0 Å². The molecule has 28 heavy (non-hydrogen) atoms. The van der Waals surface area contributed by atoms with Gasteiger partial charge in [-0.25, -0.2) is 0 Å². The van der Waals surface area contributed by atoms with Crippen molar-refractivity contribution in [3.63, 3.8) is 0 Å². The first-order valence-corrected chi connectivity index (χ1v) is 9.94. The van der Waals surface area contributed by atoms with Crippen LogP contribution in [0.15, 0.2) is 71.6 Å². The van der Waals surface area contributed by atoms with Crippen molar-refractivity contribution >= 4 is 40.0 Å². The third kappa shape index (κ3) is 5.12. The molecule has 3 rings (SSSR count). The highest BCUT2D eigenvalue weighted by molar-refractivity contribution is 8.00. The quantitative estimate of drug-likeness (QED) is 0.448. The van der Waals surface area contributed by atoms with Gasteiger partial charge in [-0.3, -0.25) is 9.59 Å². The largest absolute Gasteiger partial charge is 0.383 e. The molecule has 0 aromatic heterocycles. The smallest absolute Gasteiger partial charge is 0.256 e. The molecule has 0 heterocycles. The number of hydrogen-bond donors (Lipinski definition) is 2. The second kappa shape index (κ2) is 9.92. The van der Waals surface area contributed by atoms with Gasteiger partial charge in [-0.1, -0.05) is 48.5 Å². The molecule has 0 radical (unpaired) electrons. The maximum atomic E-state index is 12.9. The average molecular weight is 394 g/mol. The van der Waals surface area contributed by atoms with Gasteiger partial charge in [-0.05, 0) is 23.6 Å². The molecule has 2 amide bonds. The van der Waals surface area contributed by atoms with E-state index in [0.717, 1.165) is 21.4 Å². The summed E-state index contributed by atoms with van der Waals surface area (Å²) in [5.74, 6) is -0.0482. The van der Waals surface area contributed by atoms with Gasteiger partial charge >= 0.3 is 0 Å². The van der Waals surface area contributed by atoms with Gasteiger partial charge < -0.3 is 15.4 Å². The van der Waals surface area contributed by atoms with E-state index in [1.165, 1.54) is 11.8 Å². The average Bonchev–Trinajstić information content (AvgIpc) is 2.73. The fraction of sp³-hybridized carbons (Fsp3) is 0.182. The fourth-order valence-electron chi connectivity index (χ4n) is 2.79. The number of nitrogens with one attached hydrogen (secondary N) is 2. The van der Waals surface area contributed by atoms with Crippen molar-refractivity contribution in [3.8, 4) is 0 Å². The minimum Gasteiger partial charge on any atom is -0.383 e. The van der Waals surface area contributed by atoms with Gasteiger partial charge in [-0.2, -0.15) is 0 Å². The number of amides is 2. The molecule has 2 N–H and O–H groups in total. The lowest BCUT2D eigenvalue weighted by Gasteiger charge is -2.12. The fourth-order valence-corrected chi connectivity index (χ4v) is 3.67. The Hall–Kier alpha value is -2.83. The molecule has 0 bridgehead atoms. The van der Waals surface area contributed by atoms with Crippen LogP contribution < -0.4 is 10.6 Å². The van der Waals surface area contributed by atoms with Crippen LogP contribution >= 0.6 is 11.8 Å². The van der Waals surface area contributed by atoms with Gasteiger partial charge in [0.1, 0.15) is 0 Å². The molecule has 6 heteroatoms. The third-order valence-electron chi connectivity index (χ3n) is 4.16. The zero-order chi connectivity index (χ0) is 19.8. The van der Waals surface area contributed by atoms with Gasteiger partial charge in [0.15, 0.2) is 0 Å². The van der Waals surface area contributed by atoms with E-state index in [1.54, 1.807) is 13.2 Å². The van der Waals surface area contributed by atoms with Crippen LogP contribution in [0.25, 0.3) is 10.8 Å². The molecule has 0 aliphatic carbocycles. The first kappa shape index (κ1) is 19.9.